The van der Waals surface area contributed by atoms with E-state index in [4.69, 9.17) is 5.73 Å². The van der Waals surface area contributed by atoms with Gasteiger partial charge in [0.05, 0.1) is 0 Å². The molecule has 0 radical (unpaired) electrons. The number of amides is 1. The van der Waals surface area contributed by atoms with Gasteiger partial charge >= 0.3 is 0 Å². The van der Waals surface area contributed by atoms with E-state index in [0.29, 0.717) is 0 Å². The topological polar surface area (TPSA) is 46.3 Å². The first-order valence-corrected chi connectivity index (χ1v) is 7.06. The fourth-order valence-electron chi connectivity index (χ4n) is 2.15. The van der Waals surface area contributed by atoms with Crippen LogP contribution in [0.2, 0.25) is 0 Å². The molecule has 1 aromatic carbocycles. The summed E-state index contributed by atoms with van der Waals surface area (Å²) in [6.45, 7) is 2.79. The molecule has 1 saturated heterocycles. The van der Waals surface area contributed by atoms with Crippen LogP contribution in [0.4, 0.5) is 0 Å². The lowest BCUT2D eigenvalue weighted by molar-refractivity contribution is 0.0742. The molecule has 4 heteroatoms. The molecule has 92 valence electrons. The van der Waals surface area contributed by atoms with Crippen LogP contribution >= 0.6 is 11.8 Å². The molecule has 1 heterocycles. The molecule has 1 fully saturated rings. The Morgan fingerprint density at radius 3 is 2.53 bits per heavy atom. The standard InChI is InChI=1S/C13H18N2OS/c1-9-12(14)7-8-15(9)13(16)10-3-5-11(17-2)6-4-10/h3-6,9,12H,7-8,14H2,1-2H3. The molecule has 0 aliphatic carbocycles. The van der Waals surface area contributed by atoms with Crippen molar-refractivity contribution in [3.8, 4) is 0 Å². The normalized spacial score (nSPS) is 24.1. The van der Waals surface area contributed by atoms with Crippen molar-refractivity contribution in [2.45, 2.75) is 30.3 Å². The van der Waals surface area contributed by atoms with Crippen molar-refractivity contribution in [2.24, 2.45) is 5.73 Å². The first-order chi connectivity index (χ1) is 8.13. The predicted molar refractivity (Wildman–Crippen MR) is 71.3 cm³/mol. The second kappa shape index (κ2) is 5.10. The summed E-state index contributed by atoms with van der Waals surface area (Å²) in [6, 6.07) is 8.01. The van der Waals surface area contributed by atoms with E-state index in [1.165, 1.54) is 4.90 Å². The predicted octanol–water partition coefficient (Wildman–Crippen LogP) is 1.97. The minimum Gasteiger partial charge on any atom is -0.334 e. The van der Waals surface area contributed by atoms with E-state index < -0.39 is 0 Å². The van der Waals surface area contributed by atoms with E-state index in [9.17, 15) is 4.79 Å². The van der Waals surface area contributed by atoms with Crippen LogP contribution in [0.25, 0.3) is 0 Å². The van der Waals surface area contributed by atoms with Crippen molar-refractivity contribution in [1.82, 2.24) is 4.90 Å². The highest BCUT2D eigenvalue weighted by Crippen LogP contribution is 2.20. The molecule has 1 aliphatic heterocycles. The van der Waals surface area contributed by atoms with Gasteiger partial charge < -0.3 is 10.6 Å². The summed E-state index contributed by atoms with van der Waals surface area (Å²) in [5, 5.41) is 0. The number of carbonyl (C=O) groups is 1. The first kappa shape index (κ1) is 12.5. The number of hydrogen-bond donors (Lipinski definition) is 1. The third-order valence-electron chi connectivity index (χ3n) is 3.41. The molecule has 2 unspecified atom stereocenters. The van der Waals surface area contributed by atoms with Gasteiger partial charge in [0.25, 0.3) is 5.91 Å². The Morgan fingerprint density at radius 1 is 1.41 bits per heavy atom. The molecule has 1 aromatic rings. The molecule has 0 spiro atoms. The SMILES string of the molecule is CSc1ccc(C(=O)N2CCC(N)C2C)cc1. The molecule has 2 N–H and O–H groups in total. The van der Waals surface area contributed by atoms with Crippen LogP contribution in [-0.2, 0) is 0 Å². The van der Waals surface area contributed by atoms with Crippen molar-refractivity contribution < 1.29 is 4.79 Å². The molecule has 0 bridgehead atoms. The lowest BCUT2D eigenvalue weighted by Gasteiger charge is -2.23. The first-order valence-electron chi connectivity index (χ1n) is 5.84. The molecule has 0 aromatic heterocycles. The number of benzene rings is 1. The Kier molecular flexibility index (Phi) is 3.74. The lowest BCUT2D eigenvalue weighted by Crippen LogP contribution is -2.40. The Balaban J connectivity index is 2.14. The lowest BCUT2D eigenvalue weighted by atomic mass is 10.1. The molecule has 0 saturated carbocycles. The number of nitrogens with zero attached hydrogens (tertiary/aromatic N) is 1. The van der Waals surface area contributed by atoms with Gasteiger partial charge in [-0.1, -0.05) is 0 Å². The maximum Gasteiger partial charge on any atom is 0.254 e. The van der Waals surface area contributed by atoms with Crippen molar-refractivity contribution in [3.05, 3.63) is 29.8 Å². The van der Waals surface area contributed by atoms with Gasteiger partial charge in [0.15, 0.2) is 0 Å². The van der Waals surface area contributed by atoms with Gasteiger partial charge in [0.2, 0.25) is 0 Å². The Labute approximate surface area is 106 Å². The average molecular weight is 250 g/mol. The van der Waals surface area contributed by atoms with Crippen LogP contribution in [0, 0.1) is 0 Å². The summed E-state index contributed by atoms with van der Waals surface area (Å²) in [5.41, 5.74) is 6.69. The molecule has 1 aliphatic rings. The number of nitrogens with two attached hydrogens (primary N) is 1. The van der Waals surface area contributed by atoms with Crippen LogP contribution in [0.3, 0.4) is 0 Å². The van der Waals surface area contributed by atoms with Crippen molar-refractivity contribution in [1.29, 1.82) is 0 Å². The number of likely N-dealkylation sites (tertiary alicyclic amines) is 1. The van der Waals surface area contributed by atoms with Gasteiger partial charge in [0, 0.05) is 29.1 Å². The maximum absolute atomic E-state index is 12.3. The third kappa shape index (κ3) is 2.48. The molecule has 2 atom stereocenters. The van der Waals surface area contributed by atoms with E-state index in [1.54, 1.807) is 11.8 Å². The van der Waals surface area contributed by atoms with Crippen LogP contribution in [0.1, 0.15) is 23.7 Å². The summed E-state index contributed by atoms with van der Waals surface area (Å²) >= 11 is 1.68. The number of hydrogen-bond acceptors (Lipinski definition) is 3. The molecular weight excluding hydrogens is 232 g/mol. The fraction of sp³-hybridized carbons (Fsp3) is 0.462. The summed E-state index contributed by atoms with van der Waals surface area (Å²) in [6.07, 6.45) is 2.92. The second-order valence-electron chi connectivity index (χ2n) is 4.42. The van der Waals surface area contributed by atoms with Crippen LogP contribution in [-0.4, -0.2) is 35.7 Å². The molecule has 3 nitrogen and oxygen atoms in total. The van der Waals surface area contributed by atoms with Gasteiger partial charge in [-0.25, -0.2) is 0 Å². The summed E-state index contributed by atoms with van der Waals surface area (Å²) in [5.74, 6) is 0.0955. The average Bonchev–Trinajstić information content (AvgIpc) is 2.69. The zero-order chi connectivity index (χ0) is 12.4. The molecular formula is C13H18N2OS. The summed E-state index contributed by atoms with van der Waals surface area (Å²) in [4.78, 5) is 15.3. The minimum atomic E-state index is 0.0955. The molecule has 17 heavy (non-hydrogen) atoms. The highest BCUT2D eigenvalue weighted by molar-refractivity contribution is 7.98. The Hall–Kier alpha value is -1.00. The van der Waals surface area contributed by atoms with Crippen LogP contribution in [0.5, 0.6) is 0 Å². The van der Waals surface area contributed by atoms with Gasteiger partial charge in [-0.05, 0) is 43.9 Å². The van der Waals surface area contributed by atoms with E-state index in [1.807, 2.05) is 42.3 Å². The number of rotatable bonds is 2. The van der Waals surface area contributed by atoms with Crippen molar-refractivity contribution in [2.75, 3.05) is 12.8 Å². The maximum atomic E-state index is 12.3. The monoisotopic (exact) mass is 250 g/mol. The number of carbonyl (C=O) groups excluding carboxylic acids is 1. The van der Waals surface area contributed by atoms with E-state index in [2.05, 4.69) is 0 Å². The van der Waals surface area contributed by atoms with Crippen molar-refractivity contribution in [3.63, 3.8) is 0 Å². The second-order valence-corrected chi connectivity index (χ2v) is 5.30. The fourth-order valence-corrected chi connectivity index (χ4v) is 2.56. The van der Waals surface area contributed by atoms with Crippen LogP contribution < -0.4 is 5.73 Å². The zero-order valence-corrected chi connectivity index (χ0v) is 11.0. The molecule has 1 amide bonds. The van der Waals surface area contributed by atoms with E-state index in [-0.39, 0.29) is 18.0 Å². The van der Waals surface area contributed by atoms with E-state index in [0.717, 1.165) is 18.5 Å². The third-order valence-corrected chi connectivity index (χ3v) is 4.16. The minimum absolute atomic E-state index is 0.0955. The van der Waals surface area contributed by atoms with Gasteiger partial charge in [-0.15, -0.1) is 11.8 Å². The smallest absolute Gasteiger partial charge is 0.254 e. The molecule has 2 rings (SSSR count). The van der Waals surface area contributed by atoms with E-state index >= 15 is 0 Å². The quantitative estimate of drug-likeness (QED) is 0.816. The number of thioether (sulfide) groups is 1. The highest BCUT2D eigenvalue weighted by atomic mass is 32.2. The highest BCUT2D eigenvalue weighted by Gasteiger charge is 2.31. The van der Waals surface area contributed by atoms with Gasteiger partial charge in [-0.2, -0.15) is 0 Å². The Bertz CT molecular complexity index is 404. The van der Waals surface area contributed by atoms with Gasteiger partial charge in [0.1, 0.15) is 0 Å². The van der Waals surface area contributed by atoms with Crippen LogP contribution in [0.15, 0.2) is 29.2 Å². The Morgan fingerprint density at radius 2 is 2.06 bits per heavy atom. The largest absolute Gasteiger partial charge is 0.334 e. The summed E-state index contributed by atoms with van der Waals surface area (Å²) in [7, 11) is 0. The zero-order valence-electron chi connectivity index (χ0n) is 10.2. The van der Waals surface area contributed by atoms with Crippen molar-refractivity contribution >= 4 is 17.7 Å². The van der Waals surface area contributed by atoms with Gasteiger partial charge in [-0.3, -0.25) is 4.79 Å². The summed E-state index contributed by atoms with van der Waals surface area (Å²) < 4.78 is 0.